The Hall–Kier alpha value is -1.46. The van der Waals surface area contributed by atoms with Gasteiger partial charge in [0.1, 0.15) is 5.82 Å². The third-order valence-electron chi connectivity index (χ3n) is 3.18. The normalized spacial score (nSPS) is 14.6. The Morgan fingerprint density at radius 2 is 2.11 bits per heavy atom. The Labute approximate surface area is 116 Å². The van der Waals surface area contributed by atoms with Gasteiger partial charge in [-0.25, -0.2) is 9.37 Å². The third kappa shape index (κ3) is 3.11. The Morgan fingerprint density at radius 1 is 1.37 bits per heavy atom. The summed E-state index contributed by atoms with van der Waals surface area (Å²) in [6.07, 6.45) is 4.50. The van der Waals surface area contributed by atoms with Crippen molar-refractivity contribution in [1.29, 1.82) is 0 Å². The van der Waals surface area contributed by atoms with Crippen molar-refractivity contribution < 1.29 is 4.39 Å². The van der Waals surface area contributed by atoms with Crippen LogP contribution in [0.25, 0.3) is 0 Å². The summed E-state index contributed by atoms with van der Waals surface area (Å²) < 4.78 is 12.9. The Bertz CT molecular complexity index is 548. The predicted molar refractivity (Wildman–Crippen MR) is 76.4 cm³/mol. The van der Waals surface area contributed by atoms with Crippen LogP contribution in [0.3, 0.4) is 0 Å². The SMILES string of the molecule is CN(c1ccc(F)cc1)c1ncc(CNC2CC2)s1. The van der Waals surface area contributed by atoms with Crippen LogP contribution in [-0.4, -0.2) is 18.1 Å². The molecule has 0 bridgehead atoms. The highest BCUT2D eigenvalue weighted by Gasteiger charge is 2.20. The Morgan fingerprint density at radius 3 is 2.79 bits per heavy atom. The molecule has 2 aromatic rings. The number of nitrogens with one attached hydrogen (secondary N) is 1. The zero-order chi connectivity index (χ0) is 13.2. The summed E-state index contributed by atoms with van der Waals surface area (Å²) in [5, 5.41) is 4.40. The first-order valence-corrected chi connectivity index (χ1v) is 7.21. The molecule has 1 saturated carbocycles. The molecule has 1 aromatic heterocycles. The number of hydrogen-bond acceptors (Lipinski definition) is 4. The number of rotatable bonds is 5. The van der Waals surface area contributed by atoms with Gasteiger partial charge in [-0.3, -0.25) is 0 Å². The zero-order valence-corrected chi connectivity index (χ0v) is 11.6. The molecule has 19 heavy (non-hydrogen) atoms. The number of hydrogen-bond donors (Lipinski definition) is 1. The fourth-order valence-corrected chi connectivity index (χ4v) is 2.68. The highest BCUT2D eigenvalue weighted by Crippen LogP contribution is 2.28. The zero-order valence-electron chi connectivity index (χ0n) is 10.8. The van der Waals surface area contributed by atoms with Gasteiger partial charge in [0.05, 0.1) is 0 Å². The van der Waals surface area contributed by atoms with E-state index in [9.17, 15) is 4.39 Å². The third-order valence-corrected chi connectivity index (χ3v) is 4.26. The van der Waals surface area contributed by atoms with Gasteiger partial charge in [0.2, 0.25) is 0 Å². The summed E-state index contributed by atoms with van der Waals surface area (Å²) in [4.78, 5) is 7.63. The smallest absolute Gasteiger partial charge is 0.189 e. The number of benzene rings is 1. The summed E-state index contributed by atoms with van der Waals surface area (Å²) in [5.41, 5.74) is 0.942. The molecule has 1 aromatic carbocycles. The summed E-state index contributed by atoms with van der Waals surface area (Å²) in [6, 6.07) is 7.17. The van der Waals surface area contributed by atoms with Gasteiger partial charge in [-0.2, -0.15) is 0 Å². The summed E-state index contributed by atoms with van der Waals surface area (Å²) >= 11 is 1.67. The van der Waals surface area contributed by atoms with Crippen molar-refractivity contribution in [3.8, 4) is 0 Å². The molecular weight excluding hydrogens is 261 g/mol. The molecule has 1 aliphatic rings. The van der Waals surface area contributed by atoms with Crippen LogP contribution in [0.15, 0.2) is 30.5 Å². The monoisotopic (exact) mass is 277 g/mol. The summed E-state index contributed by atoms with van der Waals surface area (Å²) in [6.45, 7) is 0.888. The first-order chi connectivity index (χ1) is 9.22. The van der Waals surface area contributed by atoms with Gasteiger partial charge in [-0.1, -0.05) is 0 Å². The molecule has 1 fully saturated rings. The van der Waals surface area contributed by atoms with Gasteiger partial charge in [-0.05, 0) is 37.1 Å². The van der Waals surface area contributed by atoms with Crippen LogP contribution in [0.5, 0.6) is 0 Å². The maximum Gasteiger partial charge on any atom is 0.189 e. The lowest BCUT2D eigenvalue weighted by Crippen LogP contribution is -2.14. The minimum Gasteiger partial charge on any atom is -0.321 e. The number of halogens is 1. The van der Waals surface area contributed by atoms with Crippen molar-refractivity contribution in [2.45, 2.75) is 25.4 Å². The van der Waals surface area contributed by atoms with Crippen molar-refractivity contribution in [2.24, 2.45) is 0 Å². The largest absolute Gasteiger partial charge is 0.321 e. The van der Waals surface area contributed by atoms with E-state index in [0.717, 1.165) is 17.4 Å². The molecule has 100 valence electrons. The molecule has 3 rings (SSSR count). The van der Waals surface area contributed by atoms with Gasteiger partial charge in [0.25, 0.3) is 0 Å². The van der Waals surface area contributed by atoms with Crippen LogP contribution in [0.1, 0.15) is 17.7 Å². The number of aromatic nitrogens is 1. The standard InChI is InChI=1S/C14H16FN3S/c1-18(12-6-2-10(15)3-7-12)14-17-9-13(19-14)8-16-11-4-5-11/h2-3,6-7,9,11,16H,4-5,8H2,1H3. The average molecular weight is 277 g/mol. The second-order valence-electron chi connectivity index (χ2n) is 4.80. The highest BCUT2D eigenvalue weighted by molar-refractivity contribution is 7.15. The molecule has 0 radical (unpaired) electrons. The van der Waals surface area contributed by atoms with E-state index >= 15 is 0 Å². The second-order valence-corrected chi connectivity index (χ2v) is 5.89. The van der Waals surface area contributed by atoms with Crippen LogP contribution < -0.4 is 10.2 Å². The Kier molecular flexibility index (Phi) is 3.48. The van der Waals surface area contributed by atoms with E-state index in [4.69, 9.17) is 0 Å². The maximum absolute atomic E-state index is 12.9. The minimum absolute atomic E-state index is 0.217. The quantitative estimate of drug-likeness (QED) is 0.909. The predicted octanol–water partition coefficient (Wildman–Crippen LogP) is 3.30. The number of nitrogens with zero attached hydrogens (tertiary/aromatic N) is 2. The van der Waals surface area contributed by atoms with Crippen LogP contribution in [0.2, 0.25) is 0 Å². The van der Waals surface area contributed by atoms with E-state index in [1.54, 1.807) is 23.5 Å². The molecule has 3 nitrogen and oxygen atoms in total. The van der Waals surface area contributed by atoms with Crippen molar-refractivity contribution in [3.05, 3.63) is 41.2 Å². The average Bonchev–Trinajstić information content (AvgIpc) is 3.13. The lowest BCUT2D eigenvalue weighted by atomic mass is 10.3. The first kappa shape index (κ1) is 12.6. The van der Waals surface area contributed by atoms with Crippen molar-refractivity contribution in [1.82, 2.24) is 10.3 Å². The minimum atomic E-state index is -0.217. The molecule has 1 heterocycles. The molecule has 1 N–H and O–H groups in total. The van der Waals surface area contributed by atoms with Gasteiger partial charge in [0.15, 0.2) is 5.13 Å². The molecule has 0 amide bonds. The topological polar surface area (TPSA) is 28.2 Å². The lowest BCUT2D eigenvalue weighted by molar-refractivity contribution is 0.628. The van der Waals surface area contributed by atoms with Crippen molar-refractivity contribution in [2.75, 3.05) is 11.9 Å². The maximum atomic E-state index is 12.9. The van der Waals surface area contributed by atoms with E-state index in [1.165, 1.54) is 29.9 Å². The molecule has 0 atom stereocenters. The molecule has 0 spiro atoms. The van der Waals surface area contributed by atoms with Crippen molar-refractivity contribution in [3.63, 3.8) is 0 Å². The molecule has 1 aliphatic carbocycles. The number of anilines is 2. The van der Waals surface area contributed by atoms with E-state index < -0.39 is 0 Å². The molecule has 0 unspecified atom stereocenters. The lowest BCUT2D eigenvalue weighted by Gasteiger charge is -2.15. The Balaban J connectivity index is 1.68. The van der Waals surface area contributed by atoms with Gasteiger partial charge in [-0.15, -0.1) is 11.3 Å². The molecule has 0 saturated heterocycles. The van der Waals surface area contributed by atoms with Gasteiger partial charge in [0, 0.05) is 36.4 Å². The fourth-order valence-electron chi connectivity index (χ4n) is 1.84. The molecular formula is C14H16FN3S. The molecule has 5 heteroatoms. The van der Waals surface area contributed by atoms with Gasteiger partial charge < -0.3 is 10.2 Å². The van der Waals surface area contributed by atoms with Gasteiger partial charge >= 0.3 is 0 Å². The van der Waals surface area contributed by atoms with E-state index in [2.05, 4.69) is 10.3 Å². The molecule has 0 aliphatic heterocycles. The fraction of sp³-hybridized carbons (Fsp3) is 0.357. The summed E-state index contributed by atoms with van der Waals surface area (Å²) in [7, 11) is 1.95. The van der Waals surface area contributed by atoms with E-state index in [0.29, 0.717) is 6.04 Å². The van der Waals surface area contributed by atoms with Crippen LogP contribution in [0.4, 0.5) is 15.2 Å². The van der Waals surface area contributed by atoms with Crippen LogP contribution in [0, 0.1) is 5.82 Å². The second kappa shape index (κ2) is 5.27. The first-order valence-electron chi connectivity index (χ1n) is 6.40. The van der Waals surface area contributed by atoms with Crippen LogP contribution >= 0.6 is 11.3 Å². The van der Waals surface area contributed by atoms with Crippen molar-refractivity contribution >= 4 is 22.2 Å². The van der Waals surface area contributed by atoms with E-state index in [-0.39, 0.29) is 5.82 Å². The number of thiazole rings is 1. The summed E-state index contributed by atoms with van der Waals surface area (Å²) in [5.74, 6) is -0.217. The highest BCUT2D eigenvalue weighted by atomic mass is 32.1. The van der Waals surface area contributed by atoms with Crippen LogP contribution in [-0.2, 0) is 6.54 Å². The van der Waals surface area contributed by atoms with E-state index in [1.807, 2.05) is 18.1 Å².